The van der Waals surface area contributed by atoms with Gasteiger partial charge in [-0.2, -0.15) is 0 Å². The van der Waals surface area contributed by atoms with E-state index >= 15 is 0 Å². The molecule has 7 heteroatoms. The molecule has 2 unspecified atom stereocenters. The molecule has 2 amide bonds. The summed E-state index contributed by atoms with van der Waals surface area (Å²) in [6.45, 7) is 1.35. The molecule has 0 aromatic carbocycles. The Morgan fingerprint density at radius 2 is 2.12 bits per heavy atom. The highest BCUT2D eigenvalue weighted by Gasteiger charge is 2.40. The Morgan fingerprint density at radius 1 is 1.53 bits per heavy atom. The quantitative estimate of drug-likeness (QED) is 0.815. The lowest BCUT2D eigenvalue weighted by Crippen LogP contribution is -2.49. The number of nitrogens with zero attached hydrogens (tertiary/aromatic N) is 2. The highest BCUT2D eigenvalue weighted by Crippen LogP contribution is 2.25. The number of alkyl halides is 2. The number of carboxylic acids is 1. The number of rotatable bonds is 3. The van der Waals surface area contributed by atoms with E-state index < -0.39 is 31.0 Å². The van der Waals surface area contributed by atoms with Crippen molar-refractivity contribution >= 4 is 12.0 Å². The molecule has 0 saturated carbocycles. The van der Waals surface area contributed by atoms with Crippen molar-refractivity contribution < 1.29 is 23.5 Å². The molecular formula is C10H16F2N2O3. The van der Waals surface area contributed by atoms with Crippen LogP contribution in [0.5, 0.6) is 0 Å². The summed E-state index contributed by atoms with van der Waals surface area (Å²) < 4.78 is 24.3. The fourth-order valence-electron chi connectivity index (χ4n) is 2.04. The van der Waals surface area contributed by atoms with E-state index in [-0.39, 0.29) is 5.92 Å². The average Bonchev–Trinajstić information content (AvgIpc) is 2.57. The maximum atomic E-state index is 12.1. The molecule has 1 rings (SSSR count). The largest absolute Gasteiger partial charge is 0.480 e. The second-order valence-electron chi connectivity index (χ2n) is 4.30. The van der Waals surface area contributed by atoms with Crippen molar-refractivity contribution in [1.82, 2.24) is 9.80 Å². The molecule has 1 N–H and O–H groups in total. The molecule has 0 aliphatic carbocycles. The zero-order valence-corrected chi connectivity index (χ0v) is 9.77. The van der Waals surface area contributed by atoms with Gasteiger partial charge < -0.3 is 14.9 Å². The monoisotopic (exact) mass is 250 g/mol. The highest BCUT2D eigenvalue weighted by atomic mass is 19.3. The lowest BCUT2D eigenvalue weighted by Gasteiger charge is -2.28. The summed E-state index contributed by atoms with van der Waals surface area (Å²) in [6, 6.07) is -1.57. The van der Waals surface area contributed by atoms with E-state index in [2.05, 4.69) is 0 Å². The summed E-state index contributed by atoms with van der Waals surface area (Å²) in [5, 5.41) is 9.01. The second-order valence-corrected chi connectivity index (χ2v) is 4.30. The maximum Gasteiger partial charge on any atom is 0.326 e. The molecule has 1 fully saturated rings. The van der Waals surface area contributed by atoms with Gasteiger partial charge >= 0.3 is 12.0 Å². The molecule has 98 valence electrons. The number of halogens is 2. The Morgan fingerprint density at radius 3 is 2.59 bits per heavy atom. The minimum Gasteiger partial charge on any atom is -0.480 e. The minimum absolute atomic E-state index is 0.156. The summed E-state index contributed by atoms with van der Waals surface area (Å²) in [5.74, 6) is -1.25. The van der Waals surface area contributed by atoms with Crippen LogP contribution in [-0.2, 0) is 4.79 Å². The van der Waals surface area contributed by atoms with E-state index in [0.29, 0.717) is 13.0 Å². The average molecular weight is 250 g/mol. The normalized spacial score (nSPS) is 24.2. The van der Waals surface area contributed by atoms with Crippen molar-refractivity contribution in [3.05, 3.63) is 0 Å². The summed E-state index contributed by atoms with van der Waals surface area (Å²) in [7, 11) is 1.25. The third kappa shape index (κ3) is 3.04. The number of amides is 2. The number of urea groups is 1. The first-order valence-corrected chi connectivity index (χ1v) is 5.37. The van der Waals surface area contributed by atoms with Crippen molar-refractivity contribution in [1.29, 1.82) is 0 Å². The van der Waals surface area contributed by atoms with Crippen LogP contribution in [0.2, 0.25) is 0 Å². The molecular weight excluding hydrogens is 234 g/mol. The lowest BCUT2D eigenvalue weighted by molar-refractivity contribution is -0.142. The van der Waals surface area contributed by atoms with Gasteiger partial charge in [0, 0.05) is 13.6 Å². The highest BCUT2D eigenvalue weighted by molar-refractivity contribution is 5.83. The Hall–Kier alpha value is -1.40. The van der Waals surface area contributed by atoms with Gasteiger partial charge in [-0.05, 0) is 12.3 Å². The first-order valence-electron chi connectivity index (χ1n) is 5.37. The summed E-state index contributed by atoms with van der Waals surface area (Å²) in [4.78, 5) is 24.8. The van der Waals surface area contributed by atoms with Crippen molar-refractivity contribution in [2.24, 2.45) is 5.92 Å². The van der Waals surface area contributed by atoms with E-state index in [1.165, 1.54) is 7.05 Å². The topological polar surface area (TPSA) is 60.9 Å². The molecule has 5 nitrogen and oxygen atoms in total. The Kier molecular flexibility index (Phi) is 4.25. The Bertz CT molecular complexity index is 312. The molecule has 0 aromatic heterocycles. The van der Waals surface area contributed by atoms with Crippen LogP contribution in [0.4, 0.5) is 13.6 Å². The smallest absolute Gasteiger partial charge is 0.326 e. The van der Waals surface area contributed by atoms with Crippen LogP contribution in [0, 0.1) is 5.92 Å². The van der Waals surface area contributed by atoms with Crippen LogP contribution in [0.1, 0.15) is 13.3 Å². The fourth-order valence-corrected chi connectivity index (χ4v) is 2.04. The van der Waals surface area contributed by atoms with E-state index in [4.69, 9.17) is 5.11 Å². The van der Waals surface area contributed by atoms with Gasteiger partial charge in [0.05, 0.1) is 6.54 Å². The van der Waals surface area contributed by atoms with Crippen LogP contribution in [0.15, 0.2) is 0 Å². The van der Waals surface area contributed by atoms with Crippen LogP contribution in [-0.4, -0.2) is 59.5 Å². The number of aliphatic carboxylic acids is 1. The zero-order valence-electron chi connectivity index (χ0n) is 9.77. The van der Waals surface area contributed by atoms with Crippen molar-refractivity contribution in [3.8, 4) is 0 Å². The van der Waals surface area contributed by atoms with E-state index in [1.54, 1.807) is 6.92 Å². The minimum atomic E-state index is -2.62. The fraction of sp³-hybridized carbons (Fsp3) is 0.800. The van der Waals surface area contributed by atoms with Gasteiger partial charge in [-0.1, -0.05) is 6.92 Å². The van der Waals surface area contributed by atoms with Gasteiger partial charge in [0.25, 0.3) is 6.43 Å². The third-order valence-corrected chi connectivity index (χ3v) is 2.94. The third-order valence-electron chi connectivity index (χ3n) is 2.94. The molecule has 1 saturated heterocycles. The van der Waals surface area contributed by atoms with Gasteiger partial charge in [0.15, 0.2) is 0 Å². The zero-order chi connectivity index (χ0) is 13.2. The predicted molar refractivity (Wildman–Crippen MR) is 55.9 cm³/mol. The van der Waals surface area contributed by atoms with E-state index in [1.807, 2.05) is 0 Å². The molecule has 1 aliphatic rings. The van der Waals surface area contributed by atoms with Crippen molar-refractivity contribution in [2.45, 2.75) is 25.8 Å². The van der Waals surface area contributed by atoms with Crippen molar-refractivity contribution in [3.63, 3.8) is 0 Å². The first kappa shape index (κ1) is 13.7. The number of hydrogen-bond acceptors (Lipinski definition) is 2. The summed E-state index contributed by atoms with van der Waals surface area (Å²) in [5.41, 5.74) is 0. The number of carbonyl (C=O) groups excluding carboxylic acids is 1. The summed E-state index contributed by atoms with van der Waals surface area (Å²) in [6.07, 6.45) is -2.04. The Balaban J connectivity index is 2.71. The maximum absolute atomic E-state index is 12.1. The summed E-state index contributed by atoms with van der Waals surface area (Å²) >= 11 is 0. The van der Waals surface area contributed by atoms with Gasteiger partial charge in [0.1, 0.15) is 6.04 Å². The molecule has 0 aromatic rings. The van der Waals surface area contributed by atoms with Gasteiger partial charge in [-0.3, -0.25) is 0 Å². The predicted octanol–water partition coefficient (Wildman–Crippen LogP) is 1.10. The Labute approximate surface area is 98.0 Å². The van der Waals surface area contributed by atoms with E-state index in [9.17, 15) is 18.4 Å². The van der Waals surface area contributed by atoms with Crippen LogP contribution >= 0.6 is 0 Å². The van der Waals surface area contributed by atoms with Gasteiger partial charge in [0.2, 0.25) is 0 Å². The number of likely N-dealkylation sites (tertiary alicyclic amines) is 1. The molecule has 1 aliphatic heterocycles. The van der Waals surface area contributed by atoms with Gasteiger partial charge in [-0.15, -0.1) is 0 Å². The number of carboxylic acid groups (broad SMARTS) is 1. The molecule has 17 heavy (non-hydrogen) atoms. The van der Waals surface area contributed by atoms with Crippen LogP contribution in [0.3, 0.4) is 0 Å². The standard InChI is InChI=1S/C10H16F2N2O3/c1-6-3-4-14(8(6)9(15)16)10(17)13(2)5-7(11)12/h6-8H,3-5H2,1-2H3,(H,15,16). The second kappa shape index (κ2) is 5.29. The van der Waals surface area contributed by atoms with E-state index in [0.717, 1.165) is 9.80 Å². The van der Waals surface area contributed by atoms with Gasteiger partial charge in [-0.25, -0.2) is 18.4 Å². The molecule has 0 bridgehead atoms. The molecule has 0 spiro atoms. The SMILES string of the molecule is CC1CCN(C(=O)N(C)CC(F)F)C1C(=O)O. The number of carbonyl (C=O) groups is 2. The molecule has 2 atom stereocenters. The number of hydrogen-bond donors (Lipinski definition) is 1. The molecule has 1 heterocycles. The van der Waals surface area contributed by atoms with Crippen LogP contribution in [0.25, 0.3) is 0 Å². The molecule has 0 radical (unpaired) electrons. The first-order chi connectivity index (χ1) is 7.84. The van der Waals surface area contributed by atoms with Crippen molar-refractivity contribution in [2.75, 3.05) is 20.1 Å². The van der Waals surface area contributed by atoms with Crippen LogP contribution < -0.4 is 0 Å². The lowest BCUT2D eigenvalue weighted by atomic mass is 10.0.